The van der Waals surface area contributed by atoms with Crippen LogP contribution in [0.5, 0.6) is 5.75 Å². The zero-order valence-electron chi connectivity index (χ0n) is 16.9. The van der Waals surface area contributed by atoms with Crippen LogP contribution in [0.15, 0.2) is 52.5 Å². The monoisotopic (exact) mass is 447 g/mol. The highest BCUT2D eigenvalue weighted by atomic mass is 32.2. The number of nitrogens with one attached hydrogen (secondary N) is 1. The van der Waals surface area contributed by atoms with Gasteiger partial charge < -0.3 is 9.50 Å². The van der Waals surface area contributed by atoms with Gasteiger partial charge in [0.25, 0.3) is 0 Å². The fourth-order valence-corrected chi connectivity index (χ4v) is 4.88. The van der Waals surface area contributed by atoms with E-state index in [0.29, 0.717) is 5.56 Å². The Morgan fingerprint density at radius 2 is 1.70 bits per heavy atom. The van der Waals surface area contributed by atoms with E-state index in [4.69, 9.17) is 4.18 Å². The van der Waals surface area contributed by atoms with E-state index in [1.54, 1.807) is 30.3 Å². The standard InChI is InChI=1S/C20H21N3O5S2/c1-12-5-8-16(9-6-12)30(26,27)28-18-10-7-13(2)11-17(18)19-23(15(4)25)22-20(29-19)21-14(3)24/h5-11,19H,1-4H3,(H,21,22,24)/t19-/m1/s1. The average molecular weight is 448 g/mol. The van der Waals surface area contributed by atoms with E-state index in [0.717, 1.165) is 22.9 Å². The van der Waals surface area contributed by atoms with Gasteiger partial charge in [-0.15, -0.1) is 5.10 Å². The van der Waals surface area contributed by atoms with Crippen LogP contribution in [0.3, 0.4) is 0 Å². The van der Waals surface area contributed by atoms with Gasteiger partial charge in [0.2, 0.25) is 11.8 Å². The van der Waals surface area contributed by atoms with Crippen molar-refractivity contribution in [1.82, 2.24) is 10.3 Å². The van der Waals surface area contributed by atoms with Gasteiger partial charge in [0.05, 0.1) is 0 Å². The number of hydrazone groups is 1. The zero-order valence-corrected chi connectivity index (χ0v) is 18.5. The summed E-state index contributed by atoms with van der Waals surface area (Å²) in [5.41, 5.74) is 2.23. The Morgan fingerprint density at radius 1 is 1.07 bits per heavy atom. The number of benzene rings is 2. The number of carbonyl (C=O) groups excluding carboxylic acids is 2. The van der Waals surface area contributed by atoms with Crippen molar-refractivity contribution in [2.75, 3.05) is 0 Å². The van der Waals surface area contributed by atoms with Crippen LogP contribution in [0.25, 0.3) is 0 Å². The van der Waals surface area contributed by atoms with E-state index in [2.05, 4.69) is 10.4 Å². The summed E-state index contributed by atoms with van der Waals surface area (Å²) in [6, 6.07) is 11.3. The van der Waals surface area contributed by atoms with Crippen LogP contribution in [0.4, 0.5) is 0 Å². The number of nitrogens with zero attached hydrogens (tertiary/aromatic N) is 2. The Kier molecular flexibility index (Phi) is 6.18. The molecule has 0 aromatic heterocycles. The van der Waals surface area contributed by atoms with Crippen LogP contribution in [0.1, 0.15) is 35.9 Å². The highest BCUT2D eigenvalue weighted by Gasteiger charge is 2.35. The molecule has 1 aliphatic rings. The van der Waals surface area contributed by atoms with Crippen molar-refractivity contribution in [2.24, 2.45) is 5.10 Å². The fraction of sp³-hybridized carbons (Fsp3) is 0.250. The van der Waals surface area contributed by atoms with E-state index in [-0.39, 0.29) is 27.6 Å². The summed E-state index contributed by atoms with van der Waals surface area (Å²) in [4.78, 5) is 23.6. The SMILES string of the molecule is CC(=O)NC1=NN(C(C)=O)[C@@H](c2cc(C)ccc2OS(=O)(=O)c2ccc(C)cc2)S1. The maximum Gasteiger partial charge on any atom is 0.339 e. The van der Waals surface area contributed by atoms with Gasteiger partial charge >= 0.3 is 10.1 Å². The molecule has 0 fully saturated rings. The maximum atomic E-state index is 12.8. The third kappa shape index (κ3) is 4.82. The molecule has 158 valence electrons. The number of aryl methyl sites for hydroxylation is 2. The first-order valence-electron chi connectivity index (χ1n) is 9.01. The molecule has 3 rings (SSSR count). The smallest absolute Gasteiger partial charge is 0.339 e. The number of amidine groups is 1. The minimum absolute atomic E-state index is 0.0253. The van der Waals surface area contributed by atoms with Crippen molar-refractivity contribution in [1.29, 1.82) is 0 Å². The van der Waals surface area contributed by atoms with E-state index >= 15 is 0 Å². The summed E-state index contributed by atoms with van der Waals surface area (Å²) in [5.74, 6) is -0.598. The van der Waals surface area contributed by atoms with E-state index in [1.165, 1.54) is 31.0 Å². The molecular formula is C20H21N3O5S2. The van der Waals surface area contributed by atoms with Crippen molar-refractivity contribution in [3.05, 3.63) is 59.2 Å². The molecule has 30 heavy (non-hydrogen) atoms. The van der Waals surface area contributed by atoms with Gasteiger partial charge in [-0.1, -0.05) is 41.1 Å². The second kappa shape index (κ2) is 8.49. The Labute approximate surface area is 179 Å². The summed E-state index contributed by atoms with van der Waals surface area (Å²) in [6.07, 6.45) is 0. The molecular weight excluding hydrogens is 426 g/mol. The number of rotatable bonds is 4. The number of amides is 2. The van der Waals surface area contributed by atoms with Gasteiger partial charge in [0.1, 0.15) is 16.0 Å². The molecule has 2 amide bonds. The lowest BCUT2D eigenvalue weighted by atomic mass is 10.1. The van der Waals surface area contributed by atoms with Crippen molar-refractivity contribution in [3.8, 4) is 5.75 Å². The van der Waals surface area contributed by atoms with Crippen LogP contribution in [-0.2, 0) is 19.7 Å². The summed E-state index contributed by atoms with van der Waals surface area (Å²) in [7, 11) is -4.09. The van der Waals surface area contributed by atoms with Gasteiger partial charge in [-0.3, -0.25) is 9.59 Å². The normalized spacial score (nSPS) is 16.2. The minimum Gasteiger partial charge on any atom is -0.379 e. The molecule has 0 saturated carbocycles. The summed E-state index contributed by atoms with van der Waals surface area (Å²) in [6.45, 7) is 6.38. The molecule has 2 aromatic carbocycles. The fourth-order valence-electron chi connectivity index (χ4n) is 2.77. The number of thioether (sulfide) groups is 1. The van der Waals surface area contributed by atoms with Crippen molar-refractivity contribution in [2.45, 2.75) is 38.0 Å². The molecule has 0 spiro atoms. The van der Waals surface area contributed by atoms with E-state index in [9.17, 15) is 18.0 Å². The molecule has 0 saturated heterocycles. The largest absolute Gasteiger partial charge is 0.379 e. The van der Waals surface area contributed by atoms with Crippen LogP contribution in [-0.4, -0.2) is 30.4 Å². The molecule has 0 aliphatic carbocycles. The van der Waals surface area contributed by atoms with Crippen molar-refractivity contribution in [3.63, 3.8) is 0 Å². The molecule has 1 atom stereocenters. The van der Waals surface area contributed by atoms with Crippen molar-refractivity contribution >= 4 is 38.9 Å². The molecule has 0 bridgehead atoms. The minimum atomic E-state index is -4.09. The number of hydrogen-bond acceptors (Lipinski definition) is 7. The predicted octanol–water partition coefficient (Wildman–Crippen LogP) is 3.07. The zero-order chi connectivity index (χ0) is 22.1. The van der Waals surface area contributed by atoms with Crippen LogP contribution in [0, 0.1) is 13.8 Å². The quantitative estimate of drug-likeness (QED) is 0.722. The van der Waals surface area contributed by atoms with Gasteiger partial charge in [-0.05, 0) is 38.1 Å². The number of hydrogen-bond donors (Lipinski definition) is 1. The average Bonchev–Trinajstić information content (AvgIpc) is 3.06. The molecule has 2 aromatic rings. The van der Waals surface area contributed by atoms with Gasteiger partial charge in [-0.2, -0.15) is 8.42 Å². The van der Waals surface area contributed by atoms with E-state index in [1.807, 2.05) is 13.8 Å². The van der Waals surface area contributed by atoms with Crippen LogP contribution >= 0.6 is 11.8 Å². The molecule has 10 heteroatoms. The first-order chi connectivity index (χ1) is 14.1. The lowest BCUT2D eigenvalue weighted by Crippen LogP contribution is -2.25. The molecule has 1 N–H and O–H groups in total. The summed E-state index contributed by atoms with van der Waals surface area (Å²) < 4.78 is 31.0. The van der Waals surface area contributed by atoms with Crippen LogP contribution in [0.2, 0.25) is 0 Å². The van der Waals surface area contributed by atoms with Gasteiger partial charge in [-0.25, -0.2) is 5.01 Å². The topological polar surface area (TPSA) is 105 Å². The highest BCUT2D eigenvalue weighted by molar-refractivity contribution is 8.14. The maximum absolute atomic E-state index is 12.8. The Balaban J connectivity index is 1.98. The van der Waals surface area contributed by atoms with Crippen molar-refractivity contribution < 1.29 is 22.2 Å². The molecule has 8 nitrogen and oxygen atoms in total. The second-order valence-electron chi connectivity index (χ2n) is 6.81. The second-order valence-corrected chi connectivity index (χ2v) is 9.43. The molecule has 1 heterocycles. The van der Waals surface area contributed by atoms with Gasteiger partial charge in [0.15, 0.2) is 5.17 Å². The third-order valence-electron chi connectivity index (χ3n) is 4.19. The third-order valence-corrected chi connectivity index (χ3v) is 6.52. The number of carbonyl (C=O) groups is 2. The summed E-state index contributed by atoms with van der Waals surface area (Å²) in [5, 5.41) is 7.46. The highest BCUT2D eigenvalue weighted by Crippen LogP contribution is 2.43. The lowest BCUT2D eigenvalue weighted by molar-refractivity contribution is -0.129. The summed E-state index contributed by atoms with van der Waals surface area (Å²) >= 11 is 1.12. The Morgan fingerprint density at radius 3 is 2.30 bits per heavy atom. The Hall–Kier alpha value is -2.85. The first kappa shape index (κ1) is 21.8. The molecule has 0 unspecified atom stereocenters. The van der Waals surface area contributed by atoms with Crippen LogP contribution < -0.4 is 9.50 Å². The molecule has 0 radical (unpaired) electrons. The predicted molar refractivity (Wildman–Crippen MR) is 114 cm³/mol. The van der Waals surface area contributed by atoms with E-state index < -0.39 is 15.5 Å². The van der Waals surface area contributed by atoms with Gasteiger partial charge in [0, 0.05) is 19.4 Å². The molecule has 1 aliphatic heterocycles. The first-order valence-corrected chi connectivity index (χ1v) is 11.3. The lowest BCUT2D eigenvalue weighted by Gasteiger charge is -2.22. The Bertz CT molecular complexity index is 1130.